The van der Waals surface area contributed by atoms with Crippen molar-refractivity contribution < 1.29 is 9.53 Å². The van der Waals surface area contributed by atoms with Gasteiger partial charge in [0.15, 0.2) is 5.69 Å². The summed E-state index contributed by atoms with van der Waals surface area (Å²) in [6, 6.07) is 11.4. The number of carbonyl (C=O) groups excluding carboxylic acids is 1. The van der Waals surface area contributed by atoms with E-state index in [1.807, 2.05) is 49.3 Å². The molecule has 0 radical (unpaired) electrons. The van der Waals surface area contributed by atoms with E-state index in [1.54, 1.807) is 30.3 Å². The molecule has 0 saturated carbocycles. The minimum absolute atomic E-state index is 0.0447. The molecule has 0 aliphatic carbocycles. The van der Waals surface area contributed by atoms with Gasteiger partial charge in [0.05, 0.1) is 30.4 Å². The molecule has 4 heterocycles. The van der Waals surface area contributed by atoms with Gasteiger partial charge in [0.2, 0.25) is 5.88 Å². The monoisotopic (exact) mass is 406 g/mol. The zero-order chi connectivity index (χ0) is 21.1. The first-order valence-corrected chi connectivity index (χ1v) is 10.0. The van der Waals surface area contributed by atoms with Crippen molar-refractivity contribution in [3.63, 3.8) is 0 Å². The van der Waals surface area contributed by atoms with Crippen LogP contribution in [-0.2, 0) is 0 Å². The maximum Gasteiger partial charge on any atom is 0.274 e. The van der Waals surface area contributed by atoms with Crippen molar-refractivity contribution in [1.29, 1.82) is 0 Å². The first kappa shape index (κ1) is 20.0. The molecule has 8 heteroatoms. The van der Waals surface area contributed by atoms with Crippen LogP contribution in [0.3, 0.4) is 0 Å². The molecule has 156 valence electrons. The predicted octanol–water partition coefficient (Wildman–Crippen LogP) is 2.50. The van der Waals surface area contributed by atoms with Gasteiger partial charge in [-0.3, -0.25) is 9.78 Å². The summed E-state index contributed by atoms with van der Waals surface area (Å²) in [7, 11) is 5.64. The van der Waals surface area contributed by atoms with Gasteiger partial charge >= 0.3 is 0 Å². The summed E-state index contributed by atoms with van der Waals surface area (Å²) in [6.07, 6.45) is 5.44. The molecule has 0 unspecified atom stereocenters. The van der Waals surface area contributed by atoms with Crippen LogP contribution in [0.5, 0.6) is 5.88 Å². The third-order valence-corrected chi connectivity index (χ3v) is 5.24. The van der Waals surface area contributed by atoms with Gasteiger partial charge in [0.25, 0.3) is 5.91 Å². The SMILES string of the molecule is COc1ccc(-n2nc(C(=O)N3CCC[C@H]3CN(C)C)cc2-c2ccccn2)cn1. The molecule has 1 amide bonds. The van der Waals surface area contributed by atoms with Crippen molar-refractivity contribution >= 4 is 5.91 Å². The topological polar surface area (TPSA) is 76.4 Å². The maximum absolute atomic E-state index is 13.3. The van der Waals surface area contributed by atoms with E-state index in [4.69, 9.17) is 4.74 Å². The van der Waals surface area contributed by atoms with Crippen molar-refractivity contribution in [3.8, 4) is 23.0 Å². The van der Waals surface area contributed by atoms with Gasteiger partial charge in [-0.2, -0.15) is 5.10 Å². The van der Waals surface area contributed by atoms with Crippen LogP contribution in [0.4, 0.5) is 0 Å². The fourth-order valence-electron chi connectivity index (χ4n) is 3.86. The highest BCUT2D eigenvalue weighted by Gasteiger charge is 2.31. The van der Waals surface area contributed by atoms with Crippen molar-refractivity contribution in [2.45, 2.75) is 18.9 Å². The average Bonchev–Trinajstić information content (AvgIpc) is 3.41. The Morgan fingerprint density at radius 3 is 2.77 bits per heavy atom. The highest BCUT2D eigenvalue weighted by Crippen LogP contribution is 2.26. The Labute approximate surface area is 176 Å². The van der Waals surface area contributed by atoms with Gasteiger partial charge in [-0.25, -0.2) is 9.67 Å². The first-order chi connectivity index (χ1) is 14.6. The Hall–Kier alpha value is -3.26. The molecule has 1 fully saturated rings. The van der Waals surface area contributed by atoms with E-state index >= 15 is 0 Å². The minimum Gasteiger partial charge on any atom is -0.481 e. The lowest BCUT2D eigenvalue weighted by Crippen LogP contribution is -2.41. The normalized spacial score (nSPS) is 16.3. The highest BCUT2D eigenvalue weighted by molar-refractivity contribution is 5.94. The van der Waals surface area contributed by atoms with E-state index in [9.17, 15) is 4.79 Å². The van der Waals surface area contributed by atoms with Gasteiger partial charge in [-0.1, -0.05) is 6.07 Å². The van der Waals surface area contributed by atoms with E-state index < -0.39 is 0 Å². The van der Waals surface area contributed by atoms with E-state index in [-0.39, 0.29) is 11.9 Å². The fourth-order valence-corrected chi connectivity index (χ4v) is 3.86. The molecule has 3 aromatic heterocycles. The van der Waals surface area contributed by atoms with Crippen LogP contribution in [-0.4, -0.2) is 75.8 Å². The summed E-state index contributed by atoms with van der Waals surface area (Å²) in [4.78, 5) is 26.1. The lowest BCUT2D eigenvalue weighted by Gasteiger charge is -2.26. The number of pyridine rings is 2. The molecule has 4 rings (SSSR count). The second-order valence-corrected chi connectivity index (χ2v) is 7.66. The van der Waals surface area contributed by atoms with Crippen LogP contribution in [0.1, 0.15) is 23.3 Å². The number of amides is 1. The Balaban J connectivity index is 1.72. The fraction of sp³-hybridized carbons (Fsp3) is 0.364. The molecule has 3 aromatic rings. The molecular weight excluding hydrogens is 380 g/mol. The number of likely N-dealkylation sites (tertiary alicyclic amines) is 1. The number of rotatable bonds is 6. The molecule has 1 atom stereocenters. The van der Waals surface area contributed by atoms with Crippen molar-refractivity contribution in [2.75, 3.05) is 34.3 Å². The molecule has 8 nitrogen and oxygen atoms in total. The number of methoxy groups -OCH3 is 1. The molecule has 1 aliphatic rings. The quantitative estimate of drug-likeness (QED) is 0.626. The van der Waals surface area contributed by atoms with Crippen LogP contribution >= 0.6 is 0 Å². The van der Waals surface area contributed by atoms with Crippen molar-refractivity contribution in [2.24, 2.45) is 0 Å². The summed E-state index contributed by atoms with van der Waals surface area (Å²) < 4.78 is 6.88. The predicted molar refractivity (Wildman–Crippen MR) is 114 cm³/mol. The second-order valence-electron chi connectivity index (χ2n) is 7.66. The molecule has 1 saturated heterocycles. The molecule has 0 bridgehead atoms. The lowest BCUT2D eigenvalue weighted by molar-refractivity contribution is 0.0710. The Morgan fingerprint density at radius 1 is 1.23 bits per heavy atom. The summed E-state index contributed by atoms with van der Waals surface area (Å²) in [5, 5.41) is 4.66. The minimum atomic E-state index is -0.0447. The maximum atomic E-state index is 13.3. The van der Waals surface area contributed by atoms with E-state index in [1.165, 1.54) is 0 Å². The van der Waals surface area contributed by atoms with Crippen LogP contribution in [0, 0.1) is 0 Å². The van der Waals surface area contributed by atoms with Crippen LogP contribution in [0.15, 0.2) is 48.8 Å². The van der Waals surface area contributed by atoms with Gasteiger partial charge < -0.3 is 14.5 Å². The zero-order valence-corrected chi connectivity index (χ0v) is 17.5. The Kier molecular flexibility index (Phi) is 5.76. The highest BCUT2D eigenvalue weighted by atomic mass is 16.5. The summed E-state index contributed by atoms with van der Waals surface area (Å²) in [6.45, 7) is 1.61. The average molecular weight is 406 g/mol. The molecule has 1 aliphatic heterocycles. The second kappa shape index (κ2) is 8.62. The first-order valence-electron chi connectivity index (χ1n) is 10.0. The Morgan fingerprint density at radius 2 is 2.10 bits per heavy atom. The van der Waals surface area contributed by atoms with Crippen molar-refractivity contribution in [3.05, 3.63) is 54.5 Å². The molecule has 0 N–H and O–H groups in total. The van der Waals surface area contributed by atoms with Gasteiger partial charge in [0, 0.05) is 31.4 Å². The van der Waals surface area contributed by atoms with Gasteiger partial charge in [-0.15, -0.1) is 0 Å². The number of carbonyl (C=O) groups is 1. The molecule has 0 spiro atoms. The van der Waals surface area contributed by atoms with E-state index in [0.29, 0.717) is 11.6 Å². The number of ether oxygens (including phenoxy) is 1. The van der Waals surface area contributed by atoms with Gasteiger partial charge in [-0.05, 0) is 51.2 Å². The third kappa shape index (κ3) is 4.04. The van der Waals surface area contributed by atoms with E-state index in [0.717, 1.165) is 43.0 Å². The summed E-state index contributed by atoms with van der Waals surface area (Å²) in [5.74, 6) is 0.474. The zero-order valence-electron chi connectivity index (χ0n) is 17.5. The van der Waals surface area contributed by atoms with Crippen LogP contribution < -0.4 is 4.74 Å². The number of likely N-dealkylation sites (N-methyl/N-ethyl adjacent to an activating group) is 1. The van der Waals surface area contributed by atoms with Crippen LogP contribution in [0.25, 0.3) is 17.1 Å². The van der Waals surface area contributed by atoms with Crippen molar-refractivity contribution in [1.82, 2.24) is 29.5 Å². The molecule has 30 heavy (non-hydrogen) atoms. The summed E-state index contributed by atoms with van der Waals surface area (Å²) in [5.41, 5.74) is 2.64. The molecule has 0 aromatic carbocycles. The standard InChI is InChI=1S/C22H26N6O2/c1-26(2)15-17-7-6-12-27(17)22(29)19-13-20(18-8-4-5-11-23-18)28(25-19)16-9-10-21(30-3)24-14-16/h4-5,8-11,13-14,17H,6-7,12,15H2,1-3H3/t17-/m0/s1. The van der Waals surface area contributed by atoms with Gasteiger partial charge in [0.1, 0.15) is 0 Å². The third-order valence-electron chi connectivity index (χ3n) is 5.24. The van der Waals surface area contributed by atoms with Crippen LogP contribution in [0.2, 0.25) is 0 Å². The molecular formula is C22H26N6O2. The number of nitrogens with zero attached hydrogens (tertiary/aromatic N) is 6. The smallest absolute Gasteiger partial charge is 0.274 e. The number of aromatic nitrogens is 4. The number of hydrogen-bond donors (Lipinski definition) is 0. The Bertz CT molecular complexity index is 1000. The lowest BCUT2D eigenvalue weighted by atomic mass is 10.2. The number of hydrogen-bond acceptors (Lipinski definition) is 6. The summed E-state index contributed by atoms with van der Waals surface area (Å²) >= 11 is 0. The largest absolute Gasteiger partial charge is 0.481 e. The van der Waals surface area contributed by atoms with E-state index in [2.05, 4.69) is 20.0 Å².